The molecular formula is C13H18. The van der Waals surface area contributed by atoms with Crippen molar-refractivity contribution < 1.29 is 0 Å². The van der Waals surface area contributed by atoms with Gasteiger partial charge in [-0.05, 0) is 41.6 Å². The average molecular weight is 174 g/mol. The van der Waals surface area contributed by atoms with Crippen molar-refractivity contribution in [3.63, 3.8) is 0 Å². The van der Waals surface area contributed by atoms with E-state index in [0.717, 1.165) is 5.92 Å². The Morgan fingerprint density at radius 3 is 2.77 bits per heavy atom. The Labute approximate surface area is 80.7 Å². The van der Waals surface area contributed by atoms with Crippen LogP contribution in [0, 0.1) is 16.7 Å². The third kappa shape index (κ3) is 0.630. The van der Waals surface area contributed by atoms with E-state index in [4.69, 9.17) is 0 Å². The third-order valence-electron chi connectivity index (χ3n) is 5.21. The summed E-state index contributed by atoms with van der Waals surface area (Å²) < 4.78 is 0. The van der Waals surface area contributed by atoms with E-state index in [1.807, 2.05) is 0 Å². The normalized spacial score (nSPS) is 44.7. The van der Waals surface area contributed by atoms with Gasteiger partial charge in [-0.25, -0.2) is 0 Å². The molecule has 1 fully saturated rings. The van der Waals surface area contributed by atoms with Gasteiger partial charge in [-0.1, -0.05) is 38.5 Å². The number of rotatable bonds is 0. The van der Waals surface area contributed by atoms with Gasteiger partial charge >= 0.3 is 0 Å². The Morgan fingerprint density at radius 1 is 1.31 bits per heavy atom. The van der Waals surface area contributed by atoms with Crippen molar-refractivity contribution in [1.29, 1.82) is 0 Å². The van der Waals surface area contributed by atoms with Crippen LogP contribution in [0.15, 0.2) is 23.3 Å². The standard InChI is InChI=1S/C13H18/c1-12(2)10-7-8-13(12,3)11-6-4-5-9(10)11/h4,6,10H,5,7-8H2,1-3H3/t10-,13-/m1/s1. The van der Waals surface area contributed by atoms with Crippen molar-refractivity contribution >= 4 is 0 Å². The molecule has 3 aliphatic carbocycles. The molecule has 0 amide bonds. The second kappa shape index (κ2) is 1.94. The van der Waals surface area contributed by atoms with Gasteiger partial charge in [-0.3, -0.25) is 0 Å². The summed E-state index contributed by atoms with van der Waals surface area (Å²) in [5.74, 6) is 0.891. The van der Waals surface area contributed by atoms with Crippen molar-refractivity contribution in [2.24, 2.45) is 16.7 Å². The topological polar surface area (TPSA) is 0 Å². The maximum Gasteiger partial charge on any atom is -0.00186 e. The largest absolute Gasteiger partial charge is 0.0801 e. The molecule has 0 aromatic rings. The quantitative estimate of drug-likeness (QED) is 0.525. The highest BCUT2D eigenvalue weighted by molar-refractivity contribution is 5.49. The van der Waals surface area contributed by atoms with Gasteiger partial charge in [0.05, 0.1) is 0 Å². The summed E-state index contributed by atoms with van der Waals surface area (Å²) >= 11 is 0. The maximum absolute atomic E-state index is 2.48. The number of fused-ring (bicyclic) bond motifs is 4. The van der Waals surface area contributed by atoms with Gasteiger partial charge in [0.1, 0.15) is 0 Å². The predicted octanol–water partition coefficient (Wildman–Crippen LogP) is 3.70. The number of allylic oxidation sites excluding steroid dienone is 4. The van der Waals surface area contributed by atoms with Gasteiger partial charge < -0.3 is 0 Å². The summed E-state index contributed by atoms with van der Waals surface area (Å²) in [4.78, 5) is 0. The summed E-state index contributed by atoms with van der Waals surface area (Å²) in [5, 5.41) is 0. The Morgan fingerprint density at radius 2 is 2.08 bits per heavy atom. The minimum atomic E-state index is 0.500. The molecule has 70 valence electrons. The zero-order valence-electron chi connectivity index (χ0n) is 8.85. The van der Waals surface area contributed by atoms with E-state index < -0.39 is 0 Å². The van der Waals surface area contributed by atoms with Crippen LogP contribution in [0.2, 0.25) is 0 Å². The van der Waals surface area contributed by atoms with Crippen LogP contribution in [0.3, 0.4) is 0 Å². The molecule has 13 heavy (non-hydrogen) atoms. The first-order valence-corrected chi connectivity index (χ1v) is 5.47. The monoisotopic (exact) mass is 174 g/mol. The molecule has 3 aliphatic rings. The van der Waals surface area contributed by atoms with Crippen LogP contribution in [0.1, 0.15) is 40.0 Å². The van der Waals surface area contributed by atoms with E-state index in [2.05, 4.69) is 32.9 Å². The Bertz CT molecular complexity index is 330. The third-order valence-corrected chi connectivity index (χ3v) is 5.21. The molecule has 0 spiro atoms. The Hall–Kier alpha value is -0.520. The fourth-order valence-corrected chi connectivity index (χ4v) is 3.98. The van der Waals surface area contributed by atoms with Crippen LogP contribution >= 0.6 is 0 Å². The zero-order valence-corrected chi connectivity index (χ0v) is 8.85. The molecule has 0 heterocycles. The first-order chi connectivity index (χ1) is 6.07. The Kier molecular flexibility index (Phi) is 1.17. The average Bonchev–Trinajstić information content (AvgIpc) is 2.63. The van der Waals surface area contributed by atoms with Gasteiger partial charge in [-0.2, -0.15) is 0 Å². The molecule has 0 N–H and O–H groups in total. The van der Waals surface area contributed by atoms with Crippen LogP contribution in [-0.4, -0.2) is 0 Å². The highest BCUT2D eigenvalue weighted by Crippen LogP contribution is 2.69. The lowest BCUT2D eigenvalue weighted by atomic mass is 9.67. The van der Waals surface area contributed by atoms with Gasteiger partial charge in [0.25, 0.3) is 0 Å². The minimum absolute atomic E-state index is 0.500. The molecule has 1 saturated carbocycles. The fraction of sp³-hybridized carbons (Fsp3) is 0.692. The van der Waals surface area contributed by atoms with Crippen LogP contribution in [0.25, 0.3) is 0 Å². The molecule has 0 nitrogen and oxygen atoms in total. The maximum atomic E-state index is 2.48. The second-order valence-electron chi connectivity index (χ2n) is 5.69. The highest BCUT2D eigenvalue weighted by Gasteiger charge is 2.59. The van der Waals surface area contributed by atoms with Crippen LogP contribution in [-0.2, 0) is 0 Å². The molecule has 0 heteroatoms. The number of hydrogen-bond donors (Lipinski definition) is 0. The van der Waals surface area contributed by atoms with E-state index in [0.29, 0.717) is 10.8 Å². The van der Waals surface area contributed by atoms with E-state index in [1.165, 1.54) is 19.3 Å². The molecule has 0 aliphatic heterocycles. The summed E-state index contributed by atoms with van der Waals surface area (Å²) in [5.41, 5.74) is 4.51. The van der Waals surface area contributed by atoms with E-state index in [-0.39, 0.29) is 0 Å². The van der Waals surface area contributed by atoms with Crippen molar-refractivity contribution in [1.82, 2.24) is 0 Å². The van der Waals surface area contributed by atoms with Gasteiger partial charge in [-0.15, -0.1) is 0 Å². The molecule has 3 rings (SSSR count). The van der Waals surface area contributed by atoms with E-state index in [1.54, 1.807) is 11.1 Å². The fourth-order valence-electron chi connectivity index (χ4n) is 3.98. The molecule has 0 saturated heterocycles. The molecule has 0 aromatic heterocycles. The molecule has 2 atom stereocenters. The predicted molar refractivity (Wildman–Crippen MR) is 55.4 cm³/mol. The van der Waals surface area contributed by atoms with Crippen molar-refractivity contribution in [2.45, 2.75) is 40.0 Å². The molecular weight excluding hydrogens is 156 g/mol. The lowest BCUT2D eigenvalue weighted by Gasteiger charge is -2.36. The van der Waals surface area contributed by atoms with Gasteiger partial charge in [0.15, 0.2) is 0 Å². The Balaban J connectivity index is 2.21. The lowest BCUT2D eigenvalue weighted by Crippen LogP contribution is -2.29. The molecule has 2 bridgehead atoms. The smallest absolute Gasteiger partial charge is 0.00186 e. The van der Waals surface area contributed by atoms with Crippen molar-refractivity contribution in [2.75, 3.05) is 0 Å². The van der Waals surface area contributed by atoms with Crippen molar-refractivity contribution in [3.05, 3.63) is 23.3 Å². The molecule has 0 unspecified atom stereocenters. The first kappa shape index (κ1) is 7.84. The van der Waals surface area contributed by atoms with E-state index in [9.17, 15) is 0 Å². The molecule has 0 aromatic carbocycles. The summed E-state index contributed by atoms with van der Waals surface area (Å²) in [6.07, 6.45) is 8.85. The summed E-state index contributed by atoms with van der Waals surface area (Å²) in [6, 6.07) is 0. The summed E-state index contributed by atoms with van der Waals surface area (Å²) in [6.45, 7) is 7.42. The first-order valence-electron chi connectivity index (χ1n) is 5.47. The SMILES string of the molecule is CC1(C)[C@@H]2CC[C@]1(C)C1=C2CC=C1. The second-order valence-corrected chi connectivity index (χ2v) is 5.69. The van der Waals surface area contributed by atoms with E-state index >= 15 is 0 Å². The van der Waals surface area contributed by atoms with Crippen LogP contribution in [0.4, 0.5) is 0 Å². The van der Waals surface area contributed by atoms with Gasteiger partial charge in [0, 0.05) is 0 Å². The summed E-state index contributed by atoms with van der Waals surface area (Å²) in [7, 11) is 0. The zero-order chi connectivity index (χ0) is 9.27. The van der Waals surface area contributed by atoms with Crippen LogP contribution < -0.4 is 0 Å². The van der Waals surface area contributed by atoms with Crippen molar-refractivity contribution in [3.8, 4) is 0 Å². The van der Waals surface area contributed by atoms with Gasteiger partial charge in [0.2, 0.25) is 0 Å². The van der Waals surface area contributed by atoms with Crippen LogP contribution in [0.5, 0.6) is 0 Å². The number of hydrogen-bond acceptors (Lipinski definition) is 0. The molecule has 0 radical (unpaired) electrons. The highest BCUT2D eigenvalue weighted by atomic mass is 14.6. The lowest BCUT2D eigenvalue weighted by molar-refractivity contribution is 0.172. The minimum Gasteiger partial charge on any atom is -0.0801 e.